The zero-order valence-corrected chi connectivity index (χ0v) is 12.6. The number of nitrogens with zero attached hydrogens (tertiary/aromatic N) is 3. The molecule has 3 N–H and O–H groups in total. The van der Waals surface area contributed by atoms with E-state index in [-0.39, 0.29) is 18.5 Å². The number of carbonyl (C=O) groups excluding carboxylic acids is 1. The van der Waals surface area contributed by atoms with Crippen LogP contribution in [-0.2, 0) is 4.79 Å². The average Bonchev–Trinajstić information content (AvgIpc) is 2.34. The summed E-state index contributed by atoms with van der Waals surface area (Å²) < 4.78 is 0. The van der Waals surface area contributed by atoms with E-state index in [9.17, 15) is 4.79 Å². The number of aromatic nitrogens is 2. The number of rotatable bonds is 6. The van der Waals surface area contributed by atoms with Gasteiger partial charge in [0.25, 0.3) is 0 Å². The lowest BCUT2D eigenvalue weighted by Crippen LogP contribution is -2.40. The molecule has 0 aliphatic carbocycles. The number of anilines is 2. The van der Waals surface area contributed by atoms with Crippen molar-refractivity contribution in [2.75, 3.05) is 30.0 Å². The topological polar surface area (TPSA) is 84.1 Å². The van der Waals surface area contributed by atoms with Crippen LogP contribution in [0, 0.1) is 0 Å². The number of nitrogen functional groups attached to an aromatic ring is 1. The highest BCUT2D eigenvalue weighted by Gasteiger charge is 2.13. The summed E-state index contributed by atoms with van der Waals surface area (Å²) in [6.07, 6.45) is 1.89. The van der Waals surface area contributed by atoms with Gasteiger partial charge in [-0.2, -0.15) is 0 Å². The second-order valence-electron chi connectivity index (χ2n) is 4.37. The van der Waals surface area contributed by atoms with Crippen LogP contribution in [-0.4, -0.2) is 41.3 Å². The minimum atomic E-state index is -0.0280. The number of carbonyl (C=O) groups is 1. The maximum absolute atomic E-state index is 11.8. The predicted molar refractivity (Wildman–Crippen MR) is 79.4 cm³/mol. The molecule has 0 bridgehead atoms. The summed E-state index contributed by atoms with van der Waals surface area (Å²) in [4.78, 5) is 22.1. The van der Waals surface area contributed by atoms with E-state index in [1.807, 2.05) is 31.9 Å². The molecule has 0 spiro atoms. The van der Waals surface area contributed by atoms with E-state index in [0.29, 0.717) is 23.3 Å². The third-order valence-electron chi connectivity index (χ3n) is 2.38. The van der Waals surface area contributed by atoms with E-state index in [0.717, 1.165) is 0 Å². The second kappa shape index (κ2) is 7.18. The molecule has 19 heavy (non-hydrogen) atoms. The van der Waals surface area contributed by atoms with Crippen molar-refractivity contribution in [2.24, 2.45) is 0 Å². The molecule has 1 aromatic rings. The summed E-state index contributed by atoms with van der Waals surface area (Å²) in [5, 5.41) is 3.47. The molecule has 0 saturated heterocycles. The van der Waals surface area contributed by atoms with Gasteiger partial charge in [0.1, 0.15) is 11.6 Å². The third kappa shape index (κ3) is 4.94. The lowest BCUT2D eigenvalue weighted by atomic mass is 10.3. The van der Waals surface area contributed by atoms with Crippen molar-refractivity contribution in [1.82, 2.24) is 15.3 Å². The zero-order valence-electron chi connectivity index (χ0n) is 11.8. The van der Waals surface area contributed by atoms with Gasteiger partial charge in [-0.25, -0.2) is 9.97 Å². The maximum atomic E-state index is 11.8. The summed E-state index contributed by atoms with van der Waals surface area (Å²) >= 11 is 1.43. The summed E-state index contributed by atoms with van der Waals surface area (Å²) in [5.74, 6) is 1.06. The van der Waals surface area contributed by atoms with Gasteiger partial charge in [-0.1, -0.05) is 11.8 Å². The van der Waals surface area contributed by atoms with Gasteiger partial charge < -0.3 is 16.0 Å². The average molecular weight is 283 g/mol. The van der Waals surface area contributed by atoms with Gasteiger partial charge in [-0.3, -0.25) is 4.79 Å². The van der Waals surface area contributed by atoms with E-state index < -0.39 is 0 Å². The van der Waals surface area contributed by atoms with Crippen LogP contribution in [0.25, 0.3) is 0 Å². The number of nitrogens with two attached hydrogens (primary N) is 1. The molecule has 0 unspecified atom stereocenters. The quantitative estimate of drug-likeness (QED) is 0.601. The Hall–Kier alpha value is -1.50. The highest BCUT2D eigenvalue weighted by atomic mass is 32.2. The van der Waals surface area contributed by atoms with Crippen molar-refractivity contribution in [3.63, 3.8) is 0 Å². The first-order chi connectivity index (χ1) is 8.96. The van der Waals surface area contributed by atoms with Crippen LogP contribution in [0.2, 0.25) is 0 Å². The van der Waals surface area contributed by atoms with Crippen LogP contribution in [0.4, 0.5) is 11.6 Å². The fourth-order valence-corrected chi connectivity index (χ4v) is 1.96. The molecular weight excluding hydrogens is 262 g/mol. The number of nitrogens with one attached hydrogen (secondary N) is 1. The molecular formula is C12H21N5OS. The van der Waals surface area contributed by atoms with E-state index in [2.05, 4.69) is 15.3 Å². The van der Waals surface area contributed by atoms with E-state index >= 15 is 0 Å². The molecule has 1 amide bonds. The van der Waals surface area contributed by atoms with Crippen molar-refractivity contribution in [3.8, 4) is 0 Å². The fourth-order valence-electron chi connectivity index (χ4n) is 1.58. The van der Waals surface area contributed by atoms with Crippen molar-refractivity contribution in [2.45, 2.75) is 32.0 Å². The summed E-state index contributed by atoms with van der Waals surface area (Å²) in [5.41, 5.74) is 5.75. The Kier molecular flexibility index (Phi) is 5.88. The van der Waals surface area contributed by atoms with Gasteiger partial charge >= 0.3 is 0 Å². The van der Waals surface area contributed by atoms with Gasteiger partial charge in [-0.05, 0) is 27.0 Å². The molecule has 1 aromatic heterocycles. The Balaban J connectivity index is 2.84. The number of thioether (sulfide) groups is 1. The smallest absolute Gasteiger partial charge is 0.239 e. The van der Waals surface area contributed by atoms with Gasteiger partial charge in [0.05, 0.1) is 6.54 Å². The molecule has 1 heterocycles. The minimum absolute atomic E-state index is 0.0280. The molecule has 0 aliphatic rings. The predicted octanol–water partition coefficient (Wildman–Crippen LogP) is 1.13. The van der Waals surface area contributed by atoms with E-state index in [4.69, 9.17) is 5.73 Å². The Morgan fingerprint density at radius 1 is 1.53 bits per heavy atom. The van der Waals surface area contributed by atoms with Gasteiger partial charge in [0.15, 0.2) is 5.16 Å². The maximum Gasteiger partial charge on any atom is 0.239 e. The highest BCUT2D eigenvalue weighted by Crippen LogP contribution is 2.18. The summed E-state index contributed by atoms with van der Waals surface area (Å²) in [6.45, 7) is 6.78. The lowest BCUT2D eigenvalue weighted by Gasteiger charge is -2.22. The van der Waals surface area contributed by atoms with E-state index in [1.54, 1.807) is 6.07 Å². The number of likely N-dealkylation sites (N-methyl/N-ethyl adjacent to an activating group) is 1. The van der Waals surface area contributed by atoms with Crippen LogP contribution in [0.3, 0.4) is 0 Å². The Morgan fingerprint density at radius 3 is 2.74 bits per heavy atom. The zero-order chi connectivity index (χ0) is 14.4. The first-order valence-electron chi connectivity index (χ1n) is 6.19. The monoisotopic (exact) mass is 283 g/mol. The van der Waals surface area contributed by atoms with Crippen LogP contribution in [0.5, 0.6) is 0 Å². The first-order valence-corrected chi connectivity index (χ1v) is 7.41. The number of hydrogen-bond donors (Lipinski definition) is 2. The Morgan fingerprint density at radius 2 is 2.21 bits per heavy atom. The third-order valence-corrected chi connectivity index (χ3v) is 2.93. The first kappa shape index (κ1) is 15.6. The largest absolute Gasteiger partial charge is 0.383 e. The standard InChI is InChI=1S/C12H21N5OS/c1-5-17(7-11(18)14-8(2)3)10-6-9(13)15-12(16-10)19-4/h6,8H,5,7H2,1-4H3,(H,14,18)(H2,13,15,16). The minimum Gasteiger partial charge on any atom is -0.383 e. The molecule has 0 aliphatic heterocycles. The Labute approximate surface area is 118 Å². The number of hydrogen-bond acceptors (Lipinski definition) is 6. The molecule has 0 aromatic carbocycles. The van der Waals surface area contributed by atoms with Crippen molar-refractivity contribution in [1.29, 1.82) is 0 Å². The molecule has 0 atom stereocenters. The fraction of sp³-hybridized carbons (Fsp3) is 0.583. The van der Waals surface area contributed by atoms with Gasteiger partial charge in [0, 0.05) is 18.7 Å². The molecule has 0 radical (unpaired) electrons. The Bertz CT molecular complexity index is 438. The highest BCUT2D eigenvalue weighted by molar-refractivity contribution is 7.98. The SMILES string of the molecule is CCN(CC(=O)NC(C)C)c1cc(N)nc(SC)n1. The second-order valence-corrected chi connectivity index (χ2v) is 5.15. The van der Waals surface area contributed by atoms with Gasteiger partial charge in [0.2, 0.25) is 5.91 Å². The van der Waals surface area contributed by atoms with Crippen LogP contribution >= 0.6 is 11.8 Å². The molecule has 0 saturated carbocycles. The van der Waals surface area contributed by atoms with E-state index in [1.165, 1.54) is 11.8 Å². The van der Waals surface area contributed by atoms with Gasteiger partial charge in [-0.15, -0.1) is 0 Å². The molecule has 6 nitrogen and oxygen atoms in total. The molecule has 0 fully saturated rings. The number of amides is 1. The van der Waals surface area contributed by atoms with Crippen molar-refractivity contribution in [3.05, 3.63) is 6.07 Å². The van der Waals surface area contributed by atoms with Crippen LogP contribution in [0.1, 0.15) is 20.8 Å². The molecule has 1 rings (SSSR count). The normalized spacial score (nSPS) is 10.6. The lowest BCUT2D eigenvalue weighted by molar-refractivity contribution is -0.120. The van der Waals surface area contributed by atoms with Crippen LogP contribution in [0.15, 0.2) is 11.2 Å². The molecule has 106 valence electrons. The van der Waals surface area contributed by atoms with Crippen molar-refractivity contribution < 1.29 is 4.79 Å². The molecule has 7 heteroatoms. The van der Waals surface area contributed by atoms with Crippen LogP contribution < -0.4 is 16.0 Å². The summed E-state index contributed by atoms with van der Waals surface area (Å²) in [7, 11) is 0. The van der Waals surface area contributed by atoms with Crippen molar-refractivity contribution >= 4 is 29.3 Å². The summed E-state index contributed by atoms with van der Waals surface area (Å²) in [6, 6.07) is 1.81.